The van der Waals surface area contributed by atoms with Crippen LogP contribution in [0.5, 0.6) is 0 Å². The highest BCUT2D eigenvalue weighted by Gasteiger charge is 2.31. The van der Waals surface area contributed by atoms with Gasteiger partial charge in [0.25, 0.3) is 5.91 Å². The lowest BCUT2D eigenvalue weighted by atomic mass is 9.84. The van der Waals surface area contributed by atoms with Crippen molar-refractivity contribution in [1.82, 2.24) is 4.72 Å². The maximum absolute atomic E-state index is 12.9. The van der Waals surface area contributed by atoms with E-state index in [9.17, 15) is 27.6 Å². The predicted octanol–water partition coefficient (Wildman–Crippen LogP) is 2.95. The Morgan fingerprint density at radius 2 is 1.38 bits per heavy atom. The Morgan fingerprint density at radius 3 is 2.00 bits per heavy atom. The second-order valence-electron chi connectivity index (χ2n) is 8.78. The minimum absolute atomic E-state index is 0.00532. The molecule has 0 aliphatic heterocycles. The molecule has 0 heterocycles. The largest absolute Gasteiger partial charge is 0.454 e. The molecule has 1 atom stereocenters. The van der Waals surface area contributed by atoms with E-state index < -0.39 is 40.5 Å². The topological polar surface area (TPSA) is 136 Å². The number of fused-ring (bicyclic) bond motifs is 2. The van der Waals surface area contributed by atoms with Crippen LogP contribution in [-0.4, -0.2) is 44.5 Å². The molecule has 4 rings (SSSR count). The van der Waals surface area contributed by atoms with Crippen molar-refractivity contribution in [2.75, 3.05) is 11.9 Å². The number of esters is 1. The average molecular weight is 521 g/mol. The normalized spacial score (nSPS) is 13.5. The highest BCUT2D eigenvalue weighted by molar-refractivity contribution is 7.89. The number of rotatable bonds is 8. The number of amides is 1. The van der Waals surface area contributed by atoms with Gasteiger partial charge in [-0.3, -0.25) is 19.2 Å². The molecule has 0 saturated carbocycles. The van der Waals surface area contributed by atoms with Crippen LogP contribution in [0.2, 0.25) is 0 Å². The Kier molecular flexibility index (Phi) is 7.33. The Labute approximate surface area is 213 Å². The molecule has 0 radical (unpaired) electrons. The standard InChI is InChI=1S/C27H24N2O7S/c1-16(2)24(29-37(34,35)18-8-4-3-5-9-18)27(33)36-15-23(30)28-17-12-13-21-22(14-17)26(32)20-11-7-6-10-19(20)25(21)31/h3-14,16,24,29H,15H2,1-2H3,(H,28,30). The van der Waals surface area contributed by atoms with Gasteiger partial charge in [-0.05, 0) is 36.2 Å². The summed E-state index contributed by atoms with van der Waals surface area (Å²) in [7, 11) is -3.99. The molecule has 0 bridgehead atoms. The summed E-state index contributed by atoms with van der Waals surface area (Å²) in [5.74, 6) is -2.68. The molecule has 190 valence electrons. The summed E-state index contributed by atoms with van der Waals surface area (Å²) in [6, 6.07) is 17.2. The van der Waals surface area contributed by atoms with Crippen molar-refractivity contribution in [1.29, 1.82) is 0 Å². The summed E-state index contributed by atoms with van der Waals surface area (Å²) in [5.41, 5.74) is 1.25. The molecular weight excluding hydrogens is 496 g/mol. The average Bonchev–Trinajstić information content (AvgIpc) is 2.89. The van der Waals surface area contributed by atoms with E-state index in [1.54, 1.807) is 56.3 Å². The van der Waals surface area contributed by atoms with Crippen LogP contribution < -0.4 is 10.0 Å². The van der Waals surface area contributed by atoms with Crippen LogP contribution >= 0.6 is 0 Å². The van der Waals surface area contributed by atoms with E-state index in [0.717, 1.165) is 0 Å². The van der Waals surface area contributed by atoms with Crippen molar-refractivity contribution < 1.29 is 32.3 Å². The van der Waals surface area contributed by atoms with Gasteiger partial charge in [0.1, 0.15) is 6.04 Å². The van der Waals surface area contributed by atoms with Crippen molar-refractivity contribution in [3.8, 4) is 0 Å². The first-order valence-electron chi connectivity index (χ1n) is 11.4. The molecule has 0 aromatic heterocycles. The fraction of sp³-hybridized carbons (Fsp3) is 0.185. The lowest BCUT2D eigenvalue weighted by Crippen LogP contribution is -2.45. The second-order valence-corrected chi connectivity index (χ2v) is 10.5. The lowest BCUT2D eigenvalue weighted by Gasteiger charge is -2.21. The van der Waals surface area contributed by atoms with Gasteiger partial charge in [-0.2, -0.15) is 4.72 Å². The van der Waals surface area contributed by atoms with Crippen LogP contribution in [-0.2, 0) is 24.3 Å². The monoisotopic (exact) mass is 520 g/mol. The molecule has 1 unspecified atom stereocenters. The van der Waals surface area contributed by atoms with E-state index in [0.29, 0.717) is 5.56 Å². The Balaban J connectivity index is 1.41. The fourth-order valence-corrected chi connectivity index (χ4v) is 5.25. The summed E-state index contributed by atoms with van der Waals surface area (Å²) in [4.78, 5) is 50.7. The van der Waals surface area contributed by atoms with Gasteiger partial charge in [-0.15, -0.1) is 0 Å². The number of nitrogens with one attached hydrogen (secondary N) is 2. The smallest absolute Gasteiger partial charge is 0.324 e. The first kappa shape index (κ1) is 25.9. The number of sulfonamides is 1. The van der Waals surface area contributed by atoms with Crippen LogP contribution in [0.4, 0.5) is 5.69 Å². The zero-order chi connectivity index (χ0) is 26.7. The minimum atomic E-state index is -3.99. The fourth-order valence-electron chi connectivity index (χ4n) is 3.89. The third kappa shape index (κ3) is 5.50. The van der Waals surface area contributed by atoms with Gasteiger partial charge in [0.2, 0.25) is 10.0 Å². The highest BCUT2D eigenvalue weighted by atomic mass is 32.2. The summed E-state index contributed by atoms with van der Waals surface area (Å²) < 4.78 is 32.7. The molecule has 1 aliphatic rings. The zero-order valence-corrected chi connectivity index (χ0v) is 20.9. The summed E-state index contributed by atoms with van der Waals surface area (Å²) in [6.07, 6.45) is 0. The van der Waals surface area contributed by atoms with Crippen LogP contribution in [0.3, 0.4) is 0 Å². The van der Waals surface area contributed by atoms with E-state index in [4.69, 9.17) is 4.74 Å². The van der Waals surface area contributed by atoms with E-state index in [2.05, 4.69) is 10.0 Å². The number of anilines is 1. The van der Waals surface area contributed by atoms with Crippen molar-refractivity contribution in [2.24, 2.45) is 5.92 Å². The number of benzene rings is 3. The minimum Gasteiger partial charge on any atom is -0.454 e. The quantitative estimate of drug-likeness (QED) is 0.341. The zero-order valence-electron chi connectivity index (χ0n) is 20.1. The predicted molar refractivity (Wildman–Crippen MR) is 135 cm³/mol. The summed E-state index contributed by atoms with van der Waals surface area (Å²) in [6.45, 7) is 2.61. The van der Waals surface area contributed by atoms with Gasteiger partial charge in [0, 0.05) is 27.9 Å². The van der Waals surface area contributed by atoms with E-state index in [1.165, 1.54) is 30.3 Å². The Hall–Kier alpha value is -4.15. The first-order valence-corrected chi connectivity index (χ1v) is 12.9. The third-order valence-electron chi connectivity index (χ3n) is 5.81. The van der Waals surface area contributed by atoms with Crippen molar-refractivity contribution >= 4 is 39.2 Å². The van der Waals surface area contributed by atoms with Gasteiger partial charge >= 0.3 is 5.97 Å². The van der Waals surface area contributed by atoms with Crippen molar-refractivity contribution in [3.63, 3.8) is 0 Å². The molecule has 9 nitrogen and oxygen atoms in total. The number of ketones is 2. The molecule has 37 heavy (non-hydrogen) atoms. The summed E-state index contributed by atoms with van der Waals surface area (Å²) >= 11 is 0. The van der Waals surface area contributed by atoms with Gasteiger partial charge in [0.15, 0.2) is 18.2 Å². The molecule has 2 N–H and O–H groups in total. The number of carbonyl (C=O) groups excluding carboxylic acids is 4. The molecule has 10 heteroatoms. The number of hydrogen-bond acceptors (Lipinski definition) is 7. The van der Waals surface area contributed by atoms with E-state index in [-0.39, 0.29) is 38.8 Å². The van der Waals surface area contributed by atoms with E-state index in [1.807, 2.05) is 0 Å². The lowest BCUT2D eigenvalue weighted by molar-refractivity contribution is -0.150. The van der Waals surface area contributed by atoms with Crippen molar-refractivity contribution in [3.05, 3.63) is 95.1 Å². The maximum atomic E-state index is 12.9. The molecule has 3 aromatic rings. The second kappa shape index (κ2) is 10.5. The van der Waals surface area contributed by atoms with Crippen LogP contribution in [0.15, 0.2) is 77.7 Å². The molecule has 0 fully saturated rings. The number of ether oxygens (including phenoxy) is 1. The van der Waals surface area contributed by atoms with Crippen LogP contribution in [0.1, 0.15) is 45.7 Å². The molecular formula is C27H24N2O7S. The Bertz CT molecular complexity index is 1500. The van der Waals surface area contributed by atoms with Gasteiger partial charge in [0.05, 0.1) is 4.90 Å². The highest BCUT2D eigenvalue weighted by Crippen LogP contribution is 2.29. The SMILES string of the molecule is CC(C)C(NS(=O)(=O)c1ccccc1)C(=O)OCC(=O)Nc1ccc2c(c1)C(=O)c1ccccc1C2=O. The number of hydrogen-bond donors (Lipinski definition) is 2. The molecule has 1 amide bonds. The Morgan fingerprint density at radius 1 is 0.811 bits per heavy atom. The van der Waals surface area contributed by atoms with Crippen LogP contribution in [0.25, 0.3) is 0 Å². The van der Waals surface area contributed by atoms with Gasteiger partial charge < -0.3 is 10.1 Å². The third-order valence-corrected chi connectivity index (χ3v) is 7.27. The van der Waals surface area contributed by atoms with Gasteiger partial charge in [-0.1, -0.05) is 56.3 Å². The molecule has 0 saturated heterocycles. The molecule has 1 aliphatic carbocycles. The van der Waals surface area contributed by atoms with Gasteiger partial charge in [-0.25, -0.2) is 8.42 Å². The van der Waals surface area contributed by atoms with Crippen molar-refractivity contribution in [2.45, 2.75) is 24.8 Å². The first-order chi connectivity index (χ1) is 17.6. The summed E-state index contributed by atoms with van der Waals surface area (Å²) in [5, 5.41) is 2.53. The van der Waals surface area contributed by atoms with Crippen LogP contribution in [0, 0.1) is 5.92 Å². The number of carbonyl (C=O) groups is 4. The molecule has 0 spiro atoms. The van der Waals surface area contributed by atoms with E-state index >= 15 is 0 Å². The maximum Gasteiger partial charge on any atom is 0.324 e. The molecule has 3 aromatic carbocycles.